The van der Waals surface area contributed by atoms with Gasteiger partial charge in [0.15, 0.2) is 11.6 Å². The number of halogens is 2. The minimum Gasteiger partial charge on any atom is -0.322 e. The smallest absolute Gasteiger partial charge is 0.322 e. The molecule has 1 N–H and O–H groups in total. The number of piperazine rings is 1. The maximum Gasteiger partial charge on any atom is 0.323 e. The minimum atomic E-state index is -0.838. The van der Waals surface area contributed by atoms with E-state index in [0.717, 1.165) is 17.2 Å². The van der Waals surface area contributed by atoms with Crippen molar-refractivity contribution in [3.8, 4) is 0 Å². The molecule has 1 aliphatic heterocycles. The number of hydrogen-bond donors (Lipinski definition) is 1. The van der Waals surface area contributed by atoms with Crippen LogP contribution in [0.25, 0.3) is 0 Å². The maximum atomic E-state index is 13.3. The summed E-state index contributed by atoms with van der Waals surface area (Å²) in [6, 6.07) is 7.43. The van der Waals surface area contributed by atoms with E-state index in [2.05, 4.69) is 15.2 Å². The molecule has 0 aliphatic carbocycles. The molecule has 1 aromatic carbocycles. The number of hydrogen-bond acceptors (Lipinski definition) is 3. The highest BCUT2D eigenvalue weighted by Crippen LogP contribution is 2.13. The SMILES string of the molecule is Cc1ccc(NC(=O)N2CCN(Cc3ccc(F)c(F)c3)CC2)nc1. The number of aromatic nitrogens is 1. The van der Waals surface area contributed by atoms with Crippen molar-refractivity contribution in [2.45, 2.75) is 13.5 Å². The number of carbonyl (C=O) groups excluding carboxylic acids is 1. The predicted octanol–water partition coefficient (Wildman–Crippen LogP) is 3.02. The number of urea groups is 1. The first kappa shape index (κ1) is 17.3. The van der Waals surface area contributed by atoms with Gasteiger partial charge < -0.3 is 4.90 Å². The van der Waals surface area contributed by atoms with Gasteiger partial charge in [0.25, 0.3) is 0 Å². The number of amides is 2. The lowest BCUT2D eigenvalue weighted by Gasteiger charge is -2.34. The van der Waals surface area contributed by atoms with Gasteiger partial charge in [-0.3, -0.25) is 10.2 Å². The third kappa shape index (κ3) is 4.51. The van der Waals surface area contributed by atoms with Crippen LogP contribution >= 0.6 is 0 Å². The first-order chi connectivity index (χ1) is 12.0. The zero-order chi connectivity index (χ0) is 17.8. The van der Waals surface area contributed by atoms with Crippen LogP contribution in [0.1, 0.15) is 11.1 Å². The molecule has 0 spiro atoms. The van der Waals surface area contributed by atoms with Crippen molar-refractivity contribution >= 4 is 11.8 Å². The molecule has 1 aliphatic rings. The summed E-state index contributed by atoms with van der Waals surface area (Å²) in [6.07, 6.45) is 1.70. The zero-order valence-corrected chi connectivity index (χ0v) is 14.0. The Hall–Kier alpha value is -2.54. The van der Waals surface area contributed by atoms with Crippen LogP contribution in [0.5, 0.6) is 0 Å². The van der Waals surface area contributed by atoms with Crippen LogP contribution in [0, 0.1) is 18.6 Å². The molecule has 0 radical (unpaired) electrons. The Morgan fingerprint density at radius 3 is 2.52 bits per heavy atom. The number of rotatable bonds is 3. The Labute approximate surface area is 145 Å². The molecule has 1 fully saturated rings. The van der Waals surface area contributed by atoms with Crippen molar-refractivity contribution < 1.29 is 13.6 Å². The molecule has 5 nitrogen and oxygen atoms in total. The van der Waals surface area contributed by atoms with Gasteiger partial charge in [-0.2, -0.15) is 0 Å². The molecule has 132 valence electrons. The quantitative estimate of drug-likeness (QED) is 0.929. The molecule has 0 saturated carbocycles. The van der Waals surface area contributed by atoms with Crippen molar-refractivity contribution in [2.75, 3.05) is 31.5 Å². The van der Waals surface area contributed by atoms with Crippen LogP contribution in [-0.4, -0.2) is 47.0 Å². The third-order valence-corrected chi connectivity index (χ3v) is 4.20. The van der Waals surface area contributed by atoms with Gasteiger partial charge in [0.05, 0.1) is 0 Å². The Balaban J connectivity index is 1.50. The number of benzene rings is 1. The van der Waals surface area contributed by atoms with E-state index in [0.29, 0.717) is 38.5 Å². The second-order valence-electron chi connectivity index (χ2n) is 6.16. The molecular weight excluding hydrogens is 326 g/mol. The van der Waals surface area contributed by atoms with Gasteiger partial charge in [0, 0.05) is 38.9 Å². The largest absolute Gasteiger partial charge is 0.323 e. The summed E-state index contributed by atoms with van der Waals surface area (Å²) in [5.74, 6) is -1.14. The number of pyridine rings is 1. The predicted molar refractivity (Wildman–Crippen MR) is 91.2 cm³/mol. The molecule has 1 saturated heterocycles. The monoisotopic (exact) mass is 346 g/mol. The van der Waals surface area contributed by atoms with Crippen LogP contribution in [0.15, 0.2) is 36.5 Å². The Bertz CT molecular complexity index is 743. The van der Waals surface area contributed by atoms with Gasteiger partial charge in [-0.1, -0.05) is 12.1 Å². The molecule has 25 heavy (non-hydrogen) atoms. The van der Waals surface area contributed by atoms with Crippen LogP contribution in [0.3, 0.4) is 0 Å². The van der Waals surface area contributed by atoms with E-state index in [1.165, 1.54) is 6.07 Å². The van der Waals surface area contributed by atoms with E-state index in [-0.39, 0.29) is 6.03 Å². The summed E-state index contributed by atoms with van der Waals surface area (Å²) in [5, 5.41) is 2.78. The average Bonchev–Trinajstić information content (AvgIpc) is 2.61. The minimum absolute atomic E-state index is 0.177. The van der Waals surface area contributed by atoms with Crippen molar-refractivity contribution in [3.05, 3.63) is 59.3 Å². The highest BCUT2D eigenvalue weighted by Gasteiger charge is 2.21. The van der Waals surface area contributed by atoms with Crippen molar-refractivity contribution in [2.24, 2.45) is 0 Å². The fraction of sp³-hybridized carbons (Fsp3) is 0.333. The number of nitrogens with one attached hydrogen (secondary N) is 1. The summed E-state index contributed by atoms with van der Waals surface area (Å²) >= 11 is 0. The highest BCUT2D eigenvalue weighted by molar-refractivity contribution is 5.88. The van der Waals surface area contributed by atoms with Gasteiger partial charge in [-0.05, 0) is 36.2 Å². The van der Waals surface area contributed by atoms with Gasteiger partial charge >= 0.3 is 6.03 Å². The van der Waals surface area contributed by atoms with E-state index in [1.807, 2.05) is 13.0 Å². The highest BCUT2D eigenvalue weighted by atomic mass is 19.2. The number of carbonyl (C=O) groups is 1. The Kier molecular flexibility index (Phi) is 5.23. The van der Waals surface area contributed by atoms with Crippen molar-refractivity contribution in [1.82, 2.24) is 14.8 Å². The molecule has 1 aromatic heterocycles. The van der Waals surface area contributed by atoms with Crippen LogP contribution < -0.4 is 5.32 Å². The van der Waals surface area contributed by atoms with E-state index < -0.39 is 11.6 Å². The summed E-state index contributed by atoms with van der Waals surface area (Å²) in [7, 11) is 0. The lowest BCUT2D eigenvalue weighted by atomic mass is 10.2. The summed E-state index contributed by atoms with van der Waals surface area (Å²) < 4.78 is 26.2. The second-order valence-corrected chi connectivity index (χ2v) is 6.16. The Morgan fingerprint density at radius 1 is 1.12 bits per heavy atom. The van der Waals surface area contributed by atoms with Gasteiger partial charge in [0.1, 0.15) is 5.82 Å². The molecular formula is C18H20F2N4O. The lowest BCUT2D eigenvalue weighted by Crippen LogP contribution is -2.49. The average molecular weight is 346 g/mol. The third-order valence-electron chi connectivity index (χ3n) is 4.20. The van der Waals surface area contributed by atoms with Crippen molar-refractivity contribution in [3.63, 3.8) is 0 Å². The van der Waals surface area contributed by atoms with Crippen LogP contribution in [-0.2, 0) is 6.54 Å². The van der Waals surface area contributed by atoms with E-state index in [1.54, 1.807) is 23.2 Å². The maximum absolute atomic E-state index is 13.3. The fourth-order valence-electron chi connectivity index (χ4n) is 2.74. The first-order valence-electron chi connectivity index (χ1n) is 8.16. The van der Waals surface area contributed by atoms with Gasteiger partial charge in [0.2, 0.25) is 0 Å². The Morgan fingerprint density at radius 2 is 1.88 bits per heavy atom. The molecule has 7 heteroatoms. The van der Waals surface area contributed by atoms with Crippen LogP contribution in [0.4, 0.5) is 19.4 Å². The van der Waals surface area contributed by atoms with Gasteiger partial charge in [-0.15, -0.1) is 0 Å². The van der Waals surface area contributed by atoms with Crippen LogP contribution in [0.2, 0.25) is 0 Å². The summed E-state index contributed by atoms with van der Waals surface area (Å²) in [6.45, 7) is 4.96. The van der Waals surface area contributed by atoms with E-state index in [4.69, 9.17) is 0 Å². The molecule has 0 unspecified atom stereocenters. The molecule has 0 bridgehead atoms. The van der Waals surface area contributed by atoms with E-state index in [9.17, 15) is 13.6 Å². The van der Waals surface area contributed by atoms with Crippen molar-refractivity contribution in [1.29, 1.82) is 0 Å². The zero-order valence-electron chi connectivity index (χ0n) is 14.0. The van der Waals surface area contributed by atoms with Gasteiger partial charge in [-0.25, -0.2) is 18.6 Å². The molecule has 0 atom stereocenters. The first-order valence-corrected chi connectivity index (χ1v) is 8.16. The molecule has 2 amide bonds. The molecule has 2 aromatic rings. The summed E-state index contributed by atoms with van der Waals surface area (Å²) in [4.78, 5) is 20.3. The van der Waals surface area contributed by atoms with E-state index >= 15 is 0 Å². The topological polar surface area (TPSA) is 48.5 Å². The second kappa shape index (κ2) is 7.57. The fourth-order valence-corrected chi connectivity index (χ4v) is 2.74. The molecule has 3 rings (SSSR count). The standard InChI is InChI=1S/C18H20F2N4O/c1-13-2-5-17(21-11-13)22-18(25)24-8-6-23(7-9-24)12-14-3-4-15(19)16(20)10-14/h2-5,10-11H,6-9,12H2,1H3,(H,21,22,25). The lowest BCUT2D eigenvalue weighted by molar-refractivity contribution is 0.143. The number of aryl methyl sites for hydroxylation is 1. The number of anilines is 1. The summed E-state index contributed by atoms with van der Waals surface area (Å²) in [5.41, 5.74) is 1.75. The number of nitrogens with zero attached hydrogens (tertiary/aromatic N) is 3. The molecule has 2 heterocycles. The normalized spacial score (nSPS) is 15.2.